The van der Waals surface area contributed by atoms with Crippen molar-refractivity contribution >= 4 is 26.0 Å². The molecule has 0 spiro atoms. The Morgan fingerprint density at radius 2 is 1.89 bits per heavy atom. The van der Waals surface area contributed by atoms with Crippen LogP contribution in [0.15, 0.2) is 33.6 Å². The van der Waals surface area contributed by atoms with E-state index in [-0.39, 0.29) is 0 Å². The first-order chi connectivity index (χ1) is 9.09. The predicted molar refractivity (Wildman–Crippen MR) is 80.5 cm³/mol. The molecule has 0 atom stereocenters. The van der Waals surface area contributed by atoms with Gasteiger partial charge in [-0.25, -0.2) is 13.1 Å². The molecule has 1 saturated carbocycles. The third kappa shape index (κ3) is 4.29. The maximum atomic E-state index is 12.1. The fourth-order valence-electron chi connectivity index (χ4n) is 2.64. The minimum Gasteiger partial charge on any atom is -0.211 e. The number of hydrogen-bond acceptors (Lipinski definition) is 2. The Labute approximate surface area is 124 Å². The van der Waals surface area contributed by atoms with Gasteiger partial charge in [0, 0.05) is 11.0 Å². The van der Waals surface area contributed by atoms with E-state index in [4.69, 9.17) is 0 Å². The lowest BCUT2D eigenvalue weighted by molar-refractivity contribution is 0.480. The van der Waals surface area contributed by atoms with Crippen molar-refractivity contribution in [3.05, 3.63) is 28.7 Å². The summed E-state index contributed by atoms with van der Waals surface area (Å²) >= 11 is 3.28. The maximum Gasteiger partial charge on any atom is 0.241 e. The van der Waals surface area contributed by atoms with Crippen molar-refractivity contribution in [2.75, 3.05) is 6.54 Å². The molecule has 1 N–H and O–H groups in total. The average molecular weight is 346 g/mol. The molecular weight excluding hydrogens is 326 g/mol. The smallest absolute Gasteiger partial charge is 0.211 e. The third-order valence-corrected chi connectivity index (χ3v) is 6.16. The van der Waals surface area contributed by atoms with Crippen LogP contribution in [0.5, 0.6) is 0 Å². The monoisotopic (exact) mass is 345 g/mol. The van der Waals surface area contributed by atoms with Crippen LogP contribution in [0.1, 0.15) is 38.5 Å². The van der Waals surface area contributed by atoms with E-state index in [9.17, 15) is 8.42 Å². The molecule has 0 radical (unpaired) electrons. The lowest BCUT2D eigenvalue weighted by atomic mass is 10.0. The van der Waals surface area contributed by atoms with Gasteiger partial charge in [-0.1, -0.05) is 37.8 Å². The van der Waals surface area contributed by atoms with Gasteiger partial charge in [0.25, 0.3) is 0 Å². The molecular formula is C14H20BrNO2S. The van der Waals surface area contributed by atoms with Crippen LogP contribution in [0.4, 0.5) is 0 Å². The fraction of sp³-hybridized carbons (Fsp3) is 0.571. The Kier molecular flexibility index (Phi) is 5.42. The van der Waals surface area contributed by atoms with E-state index in [1.54, 1.807) is 18.2 Å². The van der Waals surface area contributed by atoms with Gasteiger partial charge in [0.05, 0.1) is 4.90 Å². The van der Waals surface area contributed by atoms with Crippen LogP contribution < -0.4 is 4.72 Å². The van der Waals surface area contributed by atoms with Crippen molar-refractivity contribution < 1.29 is 8.42 Å². The summed E-state index contributed by atoms with van der Waals surface area (Å²) in [6.45, 7) is 0.528. The van der Waals surface area contributed by atoms with E-state index in [0.717, 1.165) is 18.8 Å². The predicted octanol–water partition coefficient (Wildman–Crippen LogP) is 3.70. The Morgan fingerprint density at radius 1 is 1.21 bits per heavy atom. The summed E-state index contributed by atoms with van der Waals surface area (Å²) in [5, 5.41) is 0. The van der Waals surface area contributed by atoms with Gasteiger partial charge in [-0.15, -0.1) is 0 Å². The van der Waals surface area contributed by atoms with E-state index in [1.807, 2.05) is 6.07 Å². The van der Waals surface area contributed by atoms with Crippen LogP contribution in [0.3, 0.4) is 0 Å². The van der Waals surface area contributed by atoms with Crippen LogP contribution in [0.25, 0.3) is 0 Å². The van der Waals surface area contributed by atoms with E-state index < -0.39 is 10.0 Å². The first-order valence-electron chi connectivity index (χ1n) is 6.84. The van der Waals surface area contributed by atoms with Crippen LogP contribution in [0.2, 0.25) is 0 Å². The molecule has 0 amide bonds. The summed E-state index contributed by atoms with van der Waals surface area (Å²) in [5.41, 5.74) is 0. The van der Waals surface area contributed by atoms with Gasteiger partial charge < -0.3 is 0 Å². The van der Waals surface area contributed by atoms with Gasteiger partial charge in [0.15, 0.2) is 0 Å². The van der Waals surface area contributed by atoms with E-state index >= 15 is 0 Å². The molecule has 0 aromatic heterocycles. The average Bonchev–Trinajstić information content (AvgIpc) is 2.88. The topological polar surface area (TPSA) is 46.2 Å². The summed E-state index contributed by atoms with van der Waals surface area (Å²) in [6, 6.07) is 6.90. The molecule has 1 aromatic carbocycles. The van der Waals surface area contributed by atoms with Crippen LogP contribution in [0, 0.1) is 5.92 Å². The van der Waals surface area contributed by atoms with Gasteiger partial charge in [0.1, 0.15) is 0 Å². The summed E-state index contributed by atoms with van der Waals surface area (Å²) in [6.07, 6.45) is 7.38. The number of halogens is 1. The molecule has 106 valence electrons. The summed E-state index contributed by atoms with van der Waals surface area (Å²) in [5.74, 6) is 0.813. The first-order valence-corrected chi connectivity index (χ1v) is 9.11. The van der Waals surface area contributed by atoms with Crippen molar-refractivity contribution in [2.45, 2.75) is 43.4 Å². The van der Waals surface area contributed by atoms with Gasteiger partial charge >= 0.3 is 0 Å². The highest BCUT2D eigenvalue weighted by atomic mass is 79.9. The zero-order chi connectivity index (χ0) is 13.7. The van der Waals surface area contributed by atoms with Crippen LogP contribution in [-0.4, -0.2) is 15.0 Å². The molecule has 1 aliphatic rings. The second kappa shape index (κ2) is 6.86. The SMILES string of the molecule is O=S(=O)(NCCCC1CCCC1)c1ccccc1Br. The highest BCUT2D eigenvalue weighted by Gasteiger charge is 2.17. The van der Waals surface area contributed by atoms with Gasteiger partial charge in [-0.3, -0.25) is 0 Å². The highest BCUT2D eigenvalue weighted by Crippen LogP contribution is 2.28. The van der Waals surface area contributed by atoms with Crippen LogP contribution in [-0.2, 0) is 10.0 Å². The Hall–Kier alpha value is -0.390. The molecule has 1 aromatic rings. The Morgan fingerprint density at radius 3 is 2.58 bits per heavy atom. The molecule has 1 fully saturated rings. The number of rotatable bonds is 6. The molecule has 5 heteroatoms. The second-order valence-corrected chi connectivity index (χ2v) is 7.71. The van der Waals surface area contributed by atoms with E-state index in [2.05, 4.69) is 20.7 Å². The summed E-state index contributed by atoms with van der Waals surface area (Å²) in [7, 11) is -3.38. The minimum atomic E-state index is -3.38. The standard InChI is InChI=1S/C14H20BrNO2S/c15-13-9-3-4-10-14(13)19(17,18)16-11-5-8-12-6-1-2-7-12/h3-4,9-10,12,16H,1-2,5-8,11H2. The van der Waals surface area contributed by atoms with E-state index in [1.165, 1.54) is 25.7 Å². The Balaban J connectivity index is 1.82. The zero-order valence-electron chi connectivity index (χ0n) is 10.9. The molecule has 1 aliphatic carbocycles. The fourth-order valence-corrected chi connectivity index (χ4v) is 4.71. The number of hydrogen-bond donors (Lipinski definition) is 1. The molecule has 0 heterocycles. The highest BCUT2D eigenvalue weighted by molar-refractivity contribution is 9.10. The molecule has 0 aliphatic heterocycles. The largest absolute Gasteiger partial charge is 0.241 e. The number of nitrogens with one attached hydrogen (secondary N) is 1. The second-order valence-electron chi connectivity index (χ2n) is 5.12. The molecule has 2 rings (SSSR count). The lowest BCUT2D eigenvalue weighted by Crippen LogP contribution is -2.25. The molecule has 0 saturated heterocycles. The van der Waals surface area contributed by atoms with E-state index in [0.29, 0.717) is 15.9 Å². The quantitative estimate of drug-likeness (QED) is 0.799. The first kappa shape index (κ1) is 15.0. The lowest BCUT2D eigenvalue weighted by Gasteiger charge is -2.10. The number of sulfonamides is 1. The molecule has 0 unspecified atom stereocenters. The van der Waals surface area contributed by atoms with Crippen molar-refractivity contribution in [3.8, 4) is 0 Å². The van der Waals surface area contributed by atoms with Crippen molar-refractivity contribution in [2.24, 2.45) is 5.92 Å². The molecule has 3 nitrogen and oxygen atoms in total. The van der Waals surface area contributed by atoms with Gasteiger partial charge in [-0.2, -0.15) is 0 Å². The van der Waals surface area contributed by atoms with Gasteiger partial charge in [0.2, 0.25) is 10.0 Å². The zero-order valence-corrected chi connectivity index (χ0v) is 13.3. The summed E-state index contributed by atoms with van der Waals surface area (Å²) < 4.78 is 27.5. The maximum absolute atomic E-state index is 12.1. The van der Waals surface area contributed by atoms with Crippen molar-refractivity contribution in [3.63, 3.8) is 0 Å². The van der Waals surface area contributed by atoms with Crippen LogP contribution >= 0.6 is 15.9 Å². The Bertz CT molecular complexity index is 510. The van der Waals surface area contributed by atoms with Crippen molar-refractivity contribution in [1.82, 2.24) is 4.72 Å². The molecule has 19 heavy (non-hydrogen) atoms. The molecule has 0 bridgehead atoms. The minimum absolute atomic E-state index is 0.316. The number of benzene rings is 1. The normalized spacial score (nSPS) is 16.9. The summed E-state index contributed by atoms with van der Waals surface area (Å²) in [4.78, 5) is 0.316. The van der Waals surface area contributed by atoms with Gasteiger partial charge in [-0.05, 0) is 46.8 Å². The third-order valence-electron chi connectivity index (χ3n) is 3.68. The van der Waals surface area contributed by atoms with Crippen molar-refractivity contribution in [1.29, 1.82) is 0 Å².